The van der Waals surface area contributed by atoms with Crippen molar-refractivity contribution in [1.29, 1.82) is 5.26 Å². The van der Waals surface area contributed by atoms with Crippen LogP contribution >= 0.6 is 0 Å². The zero-order valence-corrected chi connectivity index (χ0v) is 9.45. The van der Waals surface area contributed by atoms with E-state index in [4.69, 9.17) is 5.26 Å². The van der Waals surface area contributed by atoms with Gasteiger partial charge in [0.25, 0.3) is 0 Å². The summed E-state index contributed by atoms with van der Waals surface area (Å²) >= 11 is 0. The molecule has 1 amide bonds. The van der Waals surface area contributed by atoms with Gasteiger partial charge in [-0.2, -0.15) is 5.26 Å². The van der Waals surface area contributed by atoms with Crippen molar-refractivity contribution < 1.29 is 4.79 Å². The summed E-state index contributed by atoms with van der Waals surface area (Å²) < 4.78 is 0. The van der Waals surface area contributed by atoms with E-state index in [2.05, 4.69) is 10.6 Å². The minimum Gasteiger partial charge on any atom is -0.325 e. The average molecular weight is 217 g/mol. The molecule has 0 fully saturated rings. The second kappa shape index (κ2) is 5.89. The maximum absolute atomic E-state index is 11.4. The lowest BCUT2D eigenvalue weighted by Gasteiger charge is -2.08. The summed E-state index contributed by atoms with van der Waals surface area (Å²) in [4.78, 5) is 11.4. The number of amides is 1. The van der Waals surface area contributed by atoms with Crippen molar-refractivity contribution >= 4 is 11.6 Å². The second-order valence-electron chi connectivity index (χ2n) is 3.77. The first-order chi connectivity index (χ1) is 7.61. The highest BCUT2D eigenvalue weighted by Crippen LogP contribution is 2.08. The highest BCUT2D eigenvalue weighted by atomic mass is 16.1. The number of carbonyl (C=O) groups excluding carboxylic acids is 1. The molecule has 0 saturated heterocycles. The summed E-state index contributed by atoms with van der Waals surface area (Å²) in [5, 5.41) is 14.4. The summed E-state index contributed by atoms with van der Waals surface area (Å²) in [7, 11) is 0. The number of nitrogens with zero attached hydrogens (tertiary/aromatic N) is 1. The Morgan fingerprint density at radius 3 is 2.50 bits per heavy atom. The molecule has 1 rings (SSSR count). The van der Waals surface area contributed by atoms with Crippen LogP contribution in [0.1, 0.15) is 19.4 Å². The van der Waals surface area contributed by atoms with E-state index in [1.54, 1.807) is 24.3 Å². The molecule has 0 aliphatic carbocycles. The zero-order chi connectivity index (χ0) is 12.0. The second-order valence-corrected chi connectivity index (χ2v) is 3.77. The molecule has 0 unspecified atom stereocenters. The third kappa shape index (κ3) is 4.11. The van der Waals surface area contributed by atoms with Gasteiger partial charge in [0.15, 0.2) is 0 Å². The number of carbonyl (C=O) groups is 1. The molecule has 0 saturated carbocycles. The predicted molar refractivity (Wildman–Crippen MR) is 62.9 cm³/mol. The van der Waals surface area contributed by atoms with Gasteiger partial charge in [0, 0.05) is 11.7 Å². The lowest BCUT2D eigenvalue weighted by molar-refractivity contribution is -0.115. The first-order valence-electron chi connectivity index (χ1n) is 5.15. The molecule has 4 heteroatoms. The average Bonchev–Trinajstić information content (AvgIpc) is 2.27. The van der Waals surface area contributed by atoms with E-state index in [0.29, 0.717) is 11.3 Å². The number of hydrogen-bond acceptors (Lipinski definition) is 3. The molecule has 2 N–H and O–H groups in total. The third-order valence-corrected chi connectivity index (χ3v) is 1.97. The fraction of sp³-hybridized carbons (Fsp3) is 0.333. The minimum absolute atomic E-state index is 0.0848. The third-order valence-electron chi connectivity index (χ3n) is 1.97. The molecule has 16 heavy (non-hydrogen) atoms. The Morgan fingerprint density at radius 2 is 2.00 bits per heavy atom. The van der Waals surface area contributed by atoms with Gasteiger partial charge in [-0.3, -0.25) is 4.79 Å². The van der Waals surface area contributed by atoms with Crippen LogP contribution < -0.4 is 10.6 Å². The van der Waals surface area contributed by atoms with Gasteiger partial charge in [0.1, 0.15) is 0 Å². The van der Waals surface area contributed by atoms with Gasteiger partial charge >= 0.3 is 0 Å². The van der Waals surface area contributed by atoms with E-state index in [9.17, 15) is 4.79 Å². The molecule has 0 atom stereocenters. The number of hydrogen-bond donors (Lipinski definition) is 2. The van der Waals surface area contributed by atoms with E-state index in [1.807, 2.05) is 19.9 Å². The minimum atomic E-state index is -0.0848. The highest BCUT2D eigenvalue weighted by Gasteiger charge is 2.02. The van der Waals surface area contributed by atoms with Gasteiger partial charge in [-0.15, -0.1) is 0 Å². The molecule has 0 aromatic heterocycles. The van der Waals surface area contributed by atoms with Crippen molar-refractivity contribution in [2.24, 2.45) is 0 Å². The number of nitrogens with one attached hydrogen (secondary N) is 2. The molecule has 0 aliphatic heterocycles. The Morgan fingerprint density at radius 1 is 1.38 bits per heavy atom. The molecular formula is C12H15N3O. The summed E-state index contributed by atoms with van der Waals surface area (Å²) in [6.07, 6.45) is 0. The van der Waals surface area contributed by atoms with Crippen molar-refractivity contribution in [2.45, 2.75) is 19.9 Å². The van der Waals surface area contributed by atoms with Crippen molar-refractivity contribution in [2.75, 3.05) is 11.9 Å². The fourth-order valence-corrected chi connectivity index (χ4v) is 1.13. The van der Waals surface area contributed by atoms with Crippen LogP contribution in [-0.4, -0.2) is 18.5 Å². The molecule has 0 bridgehead atoms. The number of benzene rings is 1. The molecule has 0 aliphatic rings. The van der Waals surface area contributed by atoms with Crippen LogP contribution in [-0.2, 0) is 4.79 Å². The van der Waals surface area contributed by atoms with Gasteiger partial charge in [0.05, 0.1) is 18.2 Å². The Bertz CT molecular complexity index is 390. The van der Waals surface area contributed by atoms with Crippen LogP contribution in [0, 0.1) is 11.3 Å². The maximum atomic E-state index is 11.4. The van der Waals surface area contributed by atoms with E-state index in [-0.39, 0.29) is 18.5 Å². The number of anilines is 1. The largest absolute Gasteiger partial charge is 0.325 e. The summed E-state index contributed by atoms with van der Waals surface area (Å²) in [5.41, 5.74) is 1.29. The van der Waals surface area contributed by atoms with E-state index in [0.717, 1.165) is 0 Å². The summed E-state index contributed by atoms with van der Waals surface area (Å²) in [5.74, 6) is -0.0848. The first-order valence-corrected chi connectivity index (χ1v) is 5.15. The van der Waals surface area contributed by atoms with Gasteiger partial charge < -0.3 is 10.6 Å². The molecular weight excluding hydrogens is 202 g/mol. The highest BCUT2D eigenvalue weighted by molar-refractivity contribution is 5.92. The van der Waals surface area contributed by atoms with Gasteiger partial charge in [-0.05, 0) is 24.3 Å². The fourth-order valence-electron chi connectivity index (χ4n) is 1.13. The van der Waals surface area contributed by atoms with E-state index in [1.165, 1.54) is 0 Å². The molecule has 0 heterocycles. The predicted octanol–water partition coefficient (Wildman–Crippen LogP) is 1.49. The molecule has 0 radical (unpaired) electrons. The van der Waals surface area contributed by atoms with Gasteiger partial charge in [0.2, 0.25) is 5.91 Å². The molecule has 1 aromatic rings. The van der Waals surface area contributed by atoms with Crippen LogP contribution in [0.3, 0.4) is 0 Å². The standard InChI is InChI=1S/C12H15N3O/c1-9(2)14-8-12(16)15-11-5-3-10(7-13)4-6-11/h3-6,9,14H,8H2,1-2H3,(H,15,16). The Labute approximate surface area is 95.3 Å². The zero-order valence-electron chi connectivity index (χ0n) is 9.45. The van der Waals surface area contributed by atoms with Gasteiger partial charge in [-0.25, -0.2) is 0 Å². The van der Waals surface area contributed by atoms with E-state index < -0.39 is 0 Å². The Kier molecular flexibility index (Phi) is 4.49. The Balaban J connectivity index is 2.47. The van der Waals surface area contributed by atoms with Crippen molar-refractivity contribution in [3.63, 3.8) is 0 Å². The van der Waals surface area contributed by atoms with Crippen molar-refractivity contribution in [3.8, 4) is 6.07 Å². The van der Waals surface area contributed by atoms with Crippen LogP contribution in [0.15, 0.2) is 24.3 Å². The van der Waals surface area contributed by atoms with Crippen molar-refractivity contribution in [3.05, 3.63) is 29.8 Å². The van der Waals surface area contributed by atoms with Gasteiger partial charge in [-0.1, -0.05) is 13.8 Å². The first kappa shape index (κ1) is 12.2. The topological polar surface area (TPSA) is 64.9 Å². The lowest BCUT2D eigenvalue weighted by Crippen LogP contribution is -2.32. The SMILES string of the molecule is CC(C)NCC(=O)Nc1ccc(C#N)cc1. The number of nitriles is 1. The summed E-state index contributed by atoms with van der Waals surface area (Å²) in [6.45, 7) is 4.25. The monoisotopic (exact) mass is 217 g/mol. The smallest absolute Gasteiger partial charge is 0.238 e. The summed E-state index contributed by atoms with van der Waals surface area (Å²) in [6, 6.07) is 9.08. The van der Waals surface area contributed by atoms with Crippen molar-refractivity contribution in [1.82, 2.24) is 5.32 Å². The molecule has 1 aromatic carbocycles. The lowest BCUT2D eigenvalue weighted by atomic mass is 10.2. The molecule has 0 spiro atoms. The normalized spacial score (nSPS) is 9.88. The van der Waals surface area contributed by atoms with Crippen LogP contribution in [0.4, 0.5) is 5.69 Å². The van der Waals surface area contributed by atoms with Crippen LogP contribution in [0.2, 0.25) is 0 Å². The number of rotatable bonds is 4. The molecule has 4 nitrogen and oxygen atoms in total. The quantitative estimate of drug-likeness (QED) is 0.803. The van der Waals surface area contributed by atoms with Crippen LogP contribution in [0.25, 0.3) is 0 Å². The Hall–Kier alpha value is -1.86. The maximum Gasteiger partial charge on any atom is 0.238 e. The molecule has 84 valence electrons. The van der Waals surface area contributed by atoms with E-state index >= 15 is 0 Å². The van der Waals surface area contributed by atoms with Crippen LogP contribution in [0.5, 0.6) is 0 Å².